The zero-order valence-electron chi connectivity index (χ0n) is 13.7. The van der Waals surface area contributed by atoms with E-state index in [1.54, 1.807) is 12.3 Å². The number of rotatable bonds is 4. The normalized spacial score (nSPS) is 11.6. The number of nitrogens with one attached hydrogen (secondary N) is 1. The zero-order chi connectivity index (χ0) is 18.1. The Morgan fingerprint density at radius 3 is 2.69 bits per heavy atom. The van der Waals surface area contributed by atoms with Gasteiger partial charge in [0.1, 0.15) is 0 Å². The maximum atomic E-state index is 11.5. The fraction of sp³-hybridized carbons (Fsp3) is 0.0556. The molecule has 8 heteroatoms. The van der Waals surface area contributed by atoms with Gasteiger partial charge in [0.05, 0.1) is 11.2 Å². The molecule has 0 aliphatic heterocycles. The molecule has 0 aliphatic rings. The highest BCUT2D eigenvalue weighted by molar-refractivity contribution is 7.90. The van der Waals surface area contributed by atoms with Crippen LogP contribution in [0.3, 0.4) is 0 Å². The van der Waals surface area contributed by atoms with Gasteiger partial charge in [-0.2, -0.15) is 0 Å². The van der Waals surface area contributed by atoms with Crippen LogP contribution in [0.4, 0.5) is 10.8 Å². The van der Waals surface area contributed by atoms with Crippen LogP contribution in [0.15, 0.2) is 65.3 Å². The van der Waals surface area contributed by atoms with E-state index in [1.807, 2.05) is 35.7 Å². The van der Waals surface area contributed by atoms with E-state index in [0.29, 0.717) is 0 Å². The molecular formula is C18H14N4O2S2. The molecule has 1 N–H and O–H groups in total. The fourth-order valence-electron chi connectivity index (χ4n) is 2.54. The Morgan fingerprint density at radius 2 is 1.92 bits per heavy atom. The van der Waals surface area contributed by atoms with Crippen molar-refractivity contribution in [3.8, 4) is 11.3 Å². The van der Waals surface area contributed by atoms with Gasteiger partial charge in [0.25, 0.3) is 0 Å². The van der Waals surface area contributed by atoms with Crippen molar-refractivity contribution in [1.29, 1.82) is 0 Å². The van der Waals surface area contributed by atoms with E-state index >= 15 is 0 Å². The van der Waals surface area contributed by atoms with E-state index < -0.39 is 9.84 Å². The number of benzene rings is 1. The third-order valence-electron chi connectivity index (χ3n) is 3.80. The largest absolute Gasteiger partial charge is 0.331 e. The highest BCUT2D eigenvalue weighted by atomic mass is 32.2. The van der Waals surface area contributed by atoms with E-state index in [1.165, 1.54) is 23.6 Å². The Kier molecular flexibility index (Phi) is 4.14. The summed E-state index contributed by atoms with van der Waals surface area (Å²) in [4.78, 5) is 12.9. The van der Waals surface area contributed by atoms with Crippen LogP contribution in [0, 0.1) is 0 Å². The first-order valence-electron chi connectivity index (χ1n) is 7.73. The summed E-state index contributed by atoms with van der Waals surface area (Å²) in [6, 6.07) is 13.0. The van der Waals surface area contributed by atoms with Gasteiger partial charge in [0.15, 0.2) is 20.0 Å². The molecule has 1 aromatic carbocycles. The molecule has 0 fully saturated rings. The molecule has 26 heavy (non-hydrogen) atoms. The van der Waals surface area contributed by atoms with Crippen LogP contribution in [-0.4, -0.2) is 29.6 Å². The molecule has 3 aromatic heterocycles. The number of anilines is 2. The van der Waals surface area contributed by atoms with Crippen molar-refractivity contribution >= 4 is 42.9 Å². The second-order valence-corrected chi connectivity index (χ2v) is 8.52. The number of aromatic nitrogens is 3. The maximum Gasteiger partial charge on any atom is 0.192 e. The molecule has 0 saturated heterocycles. The van der Waals surface area contributed by atoms with E-state index in [-0.39, 0.29) is 5.03 Å². The molecule has 0 atom stereocenters. The minimum atomic E-state index is -3.31. The van der Waals surface area contributed by atoms with Gasteiger partial charge in [-0.1, -0.05) is 6.07 Å². The third kappa shape index (κ3) is 3.29. The van der Waals surface area contributed by atoms with Crippen LogP contribution >= 0.6 is 11.3 Å². The van der Waals surface area contributed by atoms with Crippen LogP contribution in [0.2, 0.25) is 0 Å². The number of sulfone groups is 1. The number of hydrogen-bond donors (Lipinski definition) is 1. The van der Waals surface area contributed by atoms with Gasteiger partial charge in [-0.05, 0) is 36.4 Å². The number of nitrogens with zero attached hydrogens (tertiary/aromatic N) is 3. The average Bonchev–Trinajstić information content (AvgIpc) is 3.10. The Hall–Kier alpha value is -2.84. The highest BCUT2D eigenvalue weighted by Crippen LogP contribution is 2.30. The molecular weight excluding hydrogens is 368 g/mol. The Labute approximate surface area is 154 Å². The van der Waals surface area contributed by atoms with Gasteiger partial charge in [0, 0.05) is 40.7 Å². The quantitative estimate of drug-likeness (QED) is 0.576. The van der Waals surface area contributed by atoms with Crippen molar-refractivity contribution in [2.45, 2.75) is 5.03 Å². The molecule has 0 aliphatic carbocycles. The molecule has 3 heterocycles. The van der Waals surface area contributed by atoms with Crippen molar-refractivity contribution < 1.29 is 8.42 Å². The molecule has 6 nitrogen and oxygen atoms in total. The lowest BCUT2D eigenvalue weighted by Gasteiger charge is -2.06. The molecule has 0 saturated carbocycles. The van der Waals surface area contributed by atoms with Gasteiger partial charge in [-0.15, -0.1) is 11.3 Å². The van der Waals surface area contributed by atoms with E-state index in [9.17, 15) is 8.42 Å². The molecule has 4 rings (SSSR count). The fourth-order valence-corrected chi connectivity index (χ4v) is 3.83. The van der Waals surface area contributed by atoms with Gasteiger partial charge in [0.2, 0.25) is 0 Å². The smallest absolute Gasteiger partial charge is 0.192 e. The molecule has 0 radical (unpaired) electrons. The first-order valence-corrected chi connectivity index (χ1v) is 10.5. The minimum absolute atomic E-state index is 0.0538. The lowest BCUT2D eigenvalue weighted by molar-refractivity contribution is 0.598. The number of hydrogen-bond acceptors (Lipinski definition) is 7. The highest BCUT2D eigenvalue weighted by Gasteiger charge is 2.11. The summed E-state index contributed by atoms with van der Waals surface area (Å²) >= 11 is 1.47. The lowest BCUT2D eigenvalue weighted by atomic mass is 10.2. The summed E-state index contributed by atoms with van der Waals surface area (Å²) < 4.78 is 23.0. The van der Waals surface area contributed by atoms with Gasteiger partial charge in [-0.25, -0.2) is 18.4 Å². The molecule has 0 spiro atoms. The predicted molar refractivity (Wildman–Crippen MR) is 103 cm³/mol. The molecule has 4 aromatic rings. The van der Waals surface area contributed by atoms with Crippen molar-refractivity contribution in [2.24, 2.45) is 0 Å². The predicted octanol–water partition coefficient (Wildman–Crippen LogP) is 3.90. The Morgan fingerprint density at radius 1 is 1.04 bits per heavy atom. The van der Waals surface area contributed by atoms with Crippen molar-refractivity contribution in [1.82, 2.24) is 15.0 Å². The summed E-state index contributed by atoms with van der Waals surface area (Å²) in [6.07, 6.45) is 4.43. The maximum absolute atomic E-state index is 11.5. The molecule has 0 unspecified atom stereocenters. The molecule has 130 valence electrons. The zero-order valence-corrected chi connectivity index (χ0v) is 15.4. The summed E-state index contributed by atoms with van der Waals surface area (Å²) in [7, 11) is -3.31. The summed E-state index contributed by atoms with van der Waals surface area (Å²) in [5.74, 6) is 0. The Balaban J connectivity index is 1.62. The van der Waals surface area contributed by atoms with Gasteiger partial charge >= 0.3 is 0 Å². The van der Waals surface area contributed by atoms with E-state index in [0.717, 1.165) is 39.2 Å². The molecule has 0 bridgehead atoms. The van der Waals surface area contributed by atoms with E-state index in [2.05, 4.69) is 20.3 Å². The van der Waals surface area contributed by atoms with Crippen LogP contribution < -0.4 is 5.32 Å². The first kappa shape index (κ1) is 16.6. The number of pyridine rings is 2. The van der Waals surface area contributed by atoms with Crippen LogP contribution in [0.25, 0.3) is 22.2 Å². The van der Waals surface area contributed by atoms with Gasteiger partial charge < -0.3 is 5.32 Å². The van der Waals surface area contributed by atoms with Crippen LogP contribution in [0.5, 0.6) is 0 Å². The SMILES string of the molecule is CS(=O)(=O)c1ccc(-c2csc(Nc3cccc4ncccc34)n2)cn1. The van der Waals surface area contributed by atoms with Gasteiger partial charge in [-0.3, -0.25) is 4.98 Å². The monoisotopic (exact) mass is 382 g/mol. The average molecular weight is 382 g/mol. The van der Waals surface area contributed by atoms with Crippen molar-refractivity contribution in [3.05, 3.63) is 60.2 Å². The summed E-state index contributed by atoms with van der Waals surface area (Å²) in [5.41, 5.74) is 3.35. The number of fused-ring (bicyclic) bond motifs is 1. The summed E-state index contributed by atoms with van der Waals surface area (Å²) in [6.45, 7) is 0. The van der Waals surface area contributed by atoms with Crippen LogP contribution in [-0.2, 0) is 9.84 Å². The second-order valence-electron chi connectivity index (χ2n) is 5.70. The summed E-state index contributed by atoms with van der Waals surface area (Å²) in [5, 5.41) is 7.04. The Bertz CT molecular complexity index is 1180. The first-order chi connectivity index (χ1) is 12.5. The van der Waals surface area contributed by atoms with Crippen LogP contribution in [0.1, 0.15) is 0 Å². The van der Waals surface area contributed by atoms with Crippen molar-refractivity contribution in [2.75, 3.05) is 11.6 Å². The van der Waals surface area contributed by atoms with Crippen molar-refractivity contribution in [3.63, 3.8) is 0 Å². The topological polar surface area (TPSA) is 84.8 Å². The second kappa shape index (κ2) is 6.47. The minimum Gasteiger partial charge on any atom is -0.331 e. The standard InChI is InChI=1S/C18H14N4O2S2/c1-26(23,24)17-8-7-12(10-20-17)16-11-25-18(22-16)21-15-6-2-5-14-13(15)4-3-9-19-14/h2-11H,1H3,(H,21,22). The third-order valence-corrected chi connectivity index (χ3v) is 5.56. The van der Waals surface area contributed by atoms with E-state index in [4.69, 9.17) is 0 Å². The lowest BCUT2D eigenvalue weighted by Crippen LogP contribution is -1.99. The number of thiazole rings is 1. The molecule has 0 amide bonds.